The molecular formula is C20H19NO6. The molecule has 1 aliphatic heterocycles. The molecule has 0 atom stereocenters. The molecule has 2 aromatic rings. The molecule has 0 spiro atoms. The van der Waals surface area contributed by atoms with E-state index in [4.69, 9.17) is 14.2 Å². The Labute approximate surface area is 156 Å². The van der Waals surface area contributed by atoms with E-state index >= 15 is 0 Å². The number of nitrogens with one attached hydrogen (secondary N) is 1. The van der Waals surface area contributed by atoms with Crippen LogP contribution in [0.5, 0.6) is 11.5 Å². The number of ether oxygens (including phenoxy) is 3. The van der Waals surface area contributed by atoms with Crippen molar-refractivity contribution >= 4 is 23.3 Å². The molecule has 1 N–H and O–H groups in total. The Balaban J connectivity index is 1.40. The van der Waals surface area contributed by atoms with E-state index in [1.165, 1.54) is 6.07 Å². The van der Waals surface area contributed by atoms with Gasteiger partial charge in [-0.05, 0) is 36.8 Å². The molecule has 1 aliphatic rings. The molecule has 2 aromatic carbocycles. The van der Waals surface area contributed by atoms with Gasteiger partial charge in [0.1, 0.15) is 11.5 Å². The number of Topliss-reactive ketones (excluding diaryl/α,β-unsaturated/α-hetero) is 1. The maximum atomic E-state index is 12.2. The lowest BCUT2D eigenvalue weighted by Crippen LogP contribution is -2.25. The zero-order valence-electron chi connectivity index (χ0n) is 14.6. The third kappa shape index (κ3) is 5.31. The SMILES string of the molecule is O=C1COc2ccc(C(=O)COC(=O)CCCOc3ccccc3)cc2N1. The van der Waals surface area contributed by atoms with E-state index in [0.717, 1.165) is 5.75 Å². The standard InChI is InChI=1S/C20H19NO6/c22-17(14-8-9-18-16(11-14)21-19(23)13-26-18)12-27-20(24)7-4-10-25-15-5-2-1-3-6-15/h1-3,5-6,8-9,11H,4,7,10,12-13H2,(H,21,23). The molecule has 0 unspecified atom stereocenters. The number of benzene rings is 2. The van der Waals surface area contributed by atoms with E-state index in [9.17, 15) is 14.4 Å². The summed E-state index contributed by atoms with van der Waals surface area (Å²) >= 11 is 0. The molecule has 0 radical (unpaired) electrons. The van der Waals surface area contributed by atoms with E-state index < -0.39 is 5.97 Å². The lowest BCUT2D eigenvalue weighted by Gasteiger charge is -2.18. The van der Waals surface area contributed by atoms with E-state index in [0.29, 0.717) is 30.0 Å². The first-order chi connectivity index (χ1) is 13.1. The maximum absolute atomic E-state index is 12.2. The van der Waals surface area contributed by atoms with Crippen molar-refractivity contribution in [1.82, 2.24) is 0 Å². The van der Waals surface area contributed by atoms with Crippen molar-refractivity contribution in [2.24, 2.45) is 0 Å². The van der Waals surface area contributed by atoms with Crippen LogP contribution in [0.25, 0.3) is 0 Å². The molecular weight excluding hydrogens is 350 g/mol. The van der Waals surface area contributed by atoms with Crippen LogP contribution >= 0.6 is 0 Å². The van der Waals surface area contributed by atoms with Gasteiger partial charge in [0.05, 0.1) is 12.3 Å². The fourth-order valence-electron chi connectivity index (χ4n) is 2.48. The second-order valence-electron chi connectivity index (χ2n) is 5.90. The van der Waals surface area contributed by atoms with Crippen molar-refractivity contribution in [3.05, 3.63) is 54.1 Å². The molecule has 0 saturated heterocycles. The van der Waals surface area contributed by atoms with Crippen LogP contribution in [0.1, 0.15) is 23.2 Å². The van der Waals surface area contributed by atoms with Crippen LogP contribution in [0.3, 0.4) is 0 Å². The lowest BCUT2D eigenvalue weighted by molar-refractivity contribution is -0.142. The molecule has 0 aromatic heterocycles. The average Bonchev–Trinajstić information content (AvgIpc) is 2.69. The zero-order valence-corrected chi connectivity index (χ0v) is 14.6. The van der Waals surface area contributed by atoms with Crippen molar-refractivity contribution in [2.45, 2.75) is 12.8 Å². The molecule has 3 rings (SSSR count). The number of amides is 1. The maximum Gasteiger partial charge on any atom is 0.306 e. The number of carbonyl (C=O) groups excluding carboxylic acids is 3. The van der Waals surface area contributed by atoms with Crippen LogP contribution < -0.4 is 14.8 Å². The Bertz CT molecular complexity index is 834. The third-order valence-electron chi connectivity index (χ3n) is 3.84. The fraction of sp³-hybridized carbons (Fsp3) is 0.250. The Kier molecular flexibility index (Phi) is 6.04. The molecule has 140 valence electrons. The van der Waals surface area contributed by atoms with Gasteiger partial charge in [-0.2, -0.15) is 0 Å². The summed E-state index contributed by atoms with van der Waals surface area (Å²) in [6.07, 6.45) is 0.651. The van der Waals surface area contributed by atoms with Crippen molar-refractivity contribution in [1.29, 1.82) is 0 Å². The zero-order chi connectivity index (χ0) is 19.1. The largest absolute Gasteiger partial charge is 0.494 e. The molecule has 0 fully saturated rings. The van der Waals surface area contributed by atoms with Gasteiger partial charge in [0.2, 0.25) is 0 Å². The second-order valence-corrected chi connectivity index (χ2v) is 5.90. The summed E-state index contributed by atoms with van der Waals surface area (Å²) < 4.78 is 15.7. The first-order valence-electron chi connectivity index (χ1n) is 8.55. The number of hydrogen-bond donors (Lipinski definition) is 1. The third-order valence-corrected chi connectivity index (χ3v) is 3.84. The van der Waals surface area contributed by atoms with Gasteiger partial charge in [-0.25, -0.2) is 0 Å². The summed E-state index contributed by atoms with van der Waals surface area (Å²) in [6, 6.07) is 14.0. The van der Waals surface area contributed by atoms with E-state index in [2.05, 4.69) is 5.32 Å². The highest BCUT2D eigenvalue weighted by atomic mass is 16.5. The summed E-state index contributed by atoms with van der Waals surface area (Å²) in [4.78, 5) is 35.3. The van der Waals surface area contributed by atoms with Gasteiger partial charge >= 0.3 is 5.97 Å². The molecule has 0 bridgehead atoms. The van der Waals surface area contributed by atoms with Crippen molar-refractivity contribution in [2.75, 3.05) is 25.1 Å². The Morgan fingerprint density at radius 3 is 2.74 bits per heavy atom. The number of rotatable bonds is 8. The van der Waals surface area contributed by atoms with E-state index in [-0.39, 0.29) is 31.3 Å². The minimum atomic E-state index is -0.463. The van der Waals surface area contributed by atoms with Gasteiger partial charge in [0, 0.05) is 12.0 Å². The minimum Gasteiger partial charge on any atom is -0.494 e. The Morgan fingerprint density at radius 1 is 1.11 bits per heavy atom. The predicted molar refractivity (Wildman–Crippen MR) is 97.0 cm³/mol. The highest BCUT2D eigenvalue weighted by Gasteiger charge is 2.18. The number of fused-ring (bicyclic) bond motifs is 1. The Morgan fingerprint density at radius 2 is 1.93 bits per heavy atom. The van der Waals surface area contributed by atoms with E-state index in [1.54, 1.807) is 12.1 Å². The van der Waals surface area contributed by atoms with Crippen LogP contribution in [0.4, 0.5) is 5.69 Å². The summed E-state index contributed by atoms with van der Waals surface area (Å²) in [5.74, 6) is 0.142. The van der Waals surface area contributed by atoms with Crippen molar-refractivity contribution in [3.63, 3.8) is 0 Å². The average molecular weight is 369 g/mol. The first-order valence-corrected chi connectivity index (χ1v) is 8.55. The van der Waals surface area contributed by atoms with Crippen LogP contribution in [-0.2, 0) is 14.3 Å². The molecule has 7 nitrogen and oxygen atoms in total. The lowest BCUT2D eigenvalue weighted by atomic mass is 10.1. The first kappa shape index (κ1) is 18.4. The van der Waals surface area contributed by atoms with Gasteiger partial charge < -0.3 is 19.5 Å². The number of ketones is 1. The van der Waals surface area contributed by atoms with Gasteiger partial charge in [0.15, 0.2) is 19.0 Å². The number of esters is 1. The highest BCUT2D eigenvalue weighted by molar-refractivity contribution is 6.01. The summed E-state index contributed by atoms with van der Waals surface area (Å²) in [7, 11) is 0. The molecule has 0 saturated carbocycles. The highest BCUT2D eigenvalue weighted by Crippen LogP contribution is 2.28. The van der Waals surface area contributed by atoms with Crippen LogP contribution in [0.2, 0.25) is 0 Å². The number of anilines is 1. The molecule has 0 aliphatic carbocycles. The number of hydrogen-bond acceptors (Lipinski definition) is 6. The van der Waals surface area contributed by atoms with Gasteiger partial charge in [-0.1, -0.05) is 18.2 Å². The summed E-state index contributed by atoms with van der Waals surface area (Å²) in [5, 5.41) is 2.63. The molecule has 7 heteroatoms. The van der Waals surface area contributed by atoms with Gasteiger partial charge in [0.25, 0.3) is 5.91 Å². The molecule has 27 heavy (non-hydrogen) atoms. The minimum absolute atomic E-state index is 0.0497. The van der Waals surface area contributed by atoms with Gasteiger partial charge in [-0.3, -0.25) is 14.4 Å². The molecule has 1 heterocycles. The fourth-order valence-corrected chi connectivity index (χ4v) is 2.48. The van der Waals surface area contributed by atoms with Crippen molar-refractivity contribution < 1.29 is 28.6 Å². The van der Waals surface area contributed by atoms with E-state index in [1.807, 2.05) is 30.3 Å². The number of para-hydroxylation sites is 1. The topological polar surface area (TPSA) is 90.9 Å². The Hall–Kier alpha value is -3.35. The summed E-state index contributed by atoms with van der Waals surface area (Å²) in [5.41, 5.74) is 0.765. The second kappa shape index (κ2) is 8.84. The van der Waals surface area contributed by atoms with Crippen LogP contribution in [-0.4, -0.2) is 37.5 Å². The van der Waals surface area contributed by atoms with Crippen LogP contribution in [0.15, 0.2) is 48.5 Å². The van der Waals surface area contributed by atoms with Crippen LogP contribution in [0, 0.1) is 0 Å². The van der Waals surface area contributed by atoms with Gasteiger partial charge in [-0.15, -0.1) is 0 Å². The monoisotopic (exact) mass is 369 g/mol. The molecule has 1 amide bonds. The summed E-state index contributed by atoms with van der Waals surface area (Å²) in [6.45, 7) is -0.0184. The normalized spacial score (nSPS) is 12.4. The number of carbonyl (C=O) groups is 3. The quantitative estimate of drug-likeness (QED) is 0.437. The smallest absolute Gasteiger partial charge is 0.306 e. The predicted octanol–water partition coefficient (Wildman–Crippen LogP) is 2.60. The van der Waals surface area contributed by atoms with Crippen molar-refractivity contribution in [3.8, 4) is 11.5 Å².